The highest BCUT2D eigenvalue weighted by molar-refractivity contribution is 5.41. The van der Waals surface area contributed by atoms with Crippen LogP contribution in [0.1, 0.15) is 44.4 Å². The molecule has 1 aromatic rings. The molecular weight excluding hydrogens is 210 g/mol. The lowest BCUT2D eigenvalue weighted by molar-refractivity contribution is 0.108. The van der Waals surface area contributed by atoms with Crippen LogP contribution in [0.4, 0.5) is 0 Å². The monoisotopic (exact) mass is 233 g/mol. The van der Waals surface area contributed by atoms with Gasteiger partial charge >= 0.3 is 0 Å². The van der Waals surface area contributed by atoms with E-state index in [-0.39, 0.29) is 0 Å². The van der Waals surface area contributed by atoms with Crippen LogP contribution in [0.2, 0.25) is 0 Å². The Morgan fingerprint density at radius 2 is 2.18 bits per heavy atom. The van der Waals surface area contributed by atoms with E-state index in [9.17, 15) is 0 Å². The fraction of sp³-hybridized carbons (Fsp3) is 0.600. The average Bonchev–Trinajstić information content (AvgIpc) is 2.29. The molecule has 1 aliphatic rings. The van der Waals surface area contributed by atoms with Gasteiger partial charge in [0.15, 0.2) is 0 Å². The van der Waals surface area contributed by atoms with E-state index in [0.717, 1.165) is 18.7 Å². The van der Waals surface area contributed by atoms with Crippen molar-refractivity contribution < 1.29 is 4.74 Å². The van der Waals surface area contributed by atoms with Crippen LogP contribution in [0.5, 0.6) is 5.75 Å². The minimum atomic E-state index is 0.328. The third-order valence-electron chi connectivity index (χ3n) is 3.48. The predicted octanol–water partition coefficient (Wildman–Crippen LogP) is 3.45. The van der Waals surface area contributed by atoms with Crippen molar-refractivity contribution in [2.75, 3.05) is 6.54 Å². The van der Waals surface area contributed by atoms with Gasteiger partial charge in [-0.05, 0) is 25.5 Å². The van der Waals surface area contributed by atoms with Crippen LogP contribution in [0.15, 0.2) is 18.2 Å². The Morgan fingerprint density at radius 3 is 2.82 bits per heavy atom. The molecule has 0 fully saturated rings. The van der Waals surface area contributed by atoms with Crippen LogP contribution >= 0.6 is 0 Å². The van der Waals surface area contributed by atoms with Gasteiger partial charge in [0, 0.05) is 18.0 Å². The van der Waals surface area contributed by atoms with Crippen LogP contribution < -0.4 is 10.1 Å². The van der Waals surface area contributed by atoms with Gasteiger partial charge in [-0.3, -0.25) is 0 Å². The summed E-state index contributed by atoms with van der Waals surface area (Å²) in [6.07, 6.45) is 1.40. The van der Waals surface area contributed by atoms with Gasteiger partial charge in [-0.25, -0.2) is 0 Å². The van der Waals surface area contributed by atoms with Crippen LogP contribution in [-0.2, 0) is 0 Å². The molecule has 0 aliphatic carbocycles. The van der Waals surface area contributed by atoms with E-state index < -0.39 is 0 Å². The normalized spacial score (nSPS) is 23.4. The molecule has 0 spiro atoms. The Kier molecular flexibility index (Phi) is 3.72. The summed E-state index contributed by atoms with van der Waals surface area (Å²) in [4.78, 5) is 0. The van der Waals surface area contributed by atoms with Crippen molar-refractivity contribution in [3.05, 3.63) is 29.3 Å². The number of ether oxygens (including phenoxy) is 1. The zero-order valence-corrected chi connectivity index (χ0v) is 11.3. The number of hydrogen-bond donors (Lipinski definition) is 1. The molecule has 1 aromatic carbocycles. The Labute approximate surface area is 104 Å². The standard InChI is InChI=1S/C15H23NO/c1-5-16-13-9-15(10(2)3)17-14-7-6-11(4)8-12(13)14/h6-8,10,13,15-16H,5,9H2,1-4H3. The summed E-state index contributed by atoms with van der Waals surface area (Å²) in [5, 5.41) is 3.57. The van der Waals surface area contributed by atoms with E-state index in [4.69, 9.17) is 4.74 Å². The van der Waals surface area contributed by atoms with Crippen molar-refractivity contribution in [2.45, 2.75) is 46.3 Å². The van der Waals surface area contributed by atoms with Gasteiger partial charge in [0.2, 0.25) is 0 Å². The van der Waals surface area contributed by atoms with Crippen molar-refractivity contribution in [1.82, 2.24) is 5.32 Å². The molecule has 1 aliphatic heterocycles. The molecule has 17 heavy (non-hydrogen) atoms. The van der Waals surface area contributed by atoms with E-state index in [1.165, 1.54) is 11.1 Å². The lowest BCUT2D eigenvalue weighted by Crippen LogP contribution is -2.35. The Bertz CT molecular complexity index is 387. The highest BCUT2D eigenvalue weighted by atomic mass is 16.5. The van der Waals surface area contributed by atoms with E-state index in [1.807, 2.05) is 0 Å². The zero-order valence-electron chi connectivity index (χ0n) is 11.3. The first-order valence-electron chi connectivity index (χ1n) is 6.62. The van der Waals surface area contributed by atoms with Gasteiger partial charge in [0.25, 0.3) is 0 Å². The second kappa shape index (κ2) is 5.09. The molecule has 94 valence electrons. The molecule has 0 saturated heterocycles. The molecule has 2 rings (SSSR count). The number of nitrogens with one attached hydrogen (secondary N) is 1. The maximum absolute atomic E-state index is 6.08. The number of rotatable bonds is 3. The molecule has 2 nitrogen and oxygen atoms in total. The molecule has 1 heterocycles. The Morgan fingerprint density at radius 1 is 1.41 bits per heavy atom. The largest absolute Gasteiger partial charge is 0.490 e. The van der Waals surface area contributed by atoms with E-state index in [2.05, 4.69) is 51.2 Å². The highest BCUT2D eigenvalue weighted by Crippen LogP contribution is 2.37. The summed E-state index contributed by atoms with van der Waals surface area (Å²) in [7, 11) is 0. The number of aryl methyl sites for hydroxylation is 1. The maximum atomic E-state index is 6.08. The first-order valence-corrected chi connectivity index (χ1v) is 6.62. The molecule has 2 heteroatoms. The molecule has 0 radical (unpaired) electrons. The first-order chi connectivity index (χ1) is 8.11. The summed E-state index contributed by atoms with van der Waals surface area (Å²) >= 11 is 0. The number of benzene rings is 1. The van der Waals surface area contributed by atoms with Crippen molar-refractivity contribution in [2.24, 2.45) is 5.92 Å². The summed E-state index contributed by atoms with van der Waals surface area (Å²) < 4.78 is 6.08. The topological polar surface area (TPSA) is 21.3 Å². The van der Waals surface area contributed by atoms with E-state index in [1.54, 1.807) is 0 Å². The van der Waals surface area contributed by atoms with Gasteiger partial charge < -0.3 is 10.1 Å². The Hall–Kier alpha value is -1.02. The highest BCUT2D eigenvalue weighted by Gasteiger charge is 2.29. The fourth-order valence-electron chi connectivity index (χ4n) is 2.47. The summed E-state index contributed by atoms with van der Waals surface area (Å²) in [5.41, 5.74) is 2.63. The minimum Gasteiger partial charge on any atom is -0.490 e. The van der Waals surface area contributed by atoms with Gasteiger partial charge in [-0.1, -0.05) is 38.5 Å². The third kappa shape index (κ3) is 2.63. The Balaban J connectivity index is 2.31. The lowest BCUT2D eigenvalue weighted by atomic mass is 9.90. The zero-order chi connectivity index (χ0) is 12.4. The van der Waals surface area contributed by atoms with Crippen LogP contribution in [0, 0.1) is 12.8 Å². The maximum Gasteiger partial charge on any atom is 0.124 e. The van der Waals surface area contributed by atoms with E-state index >= 15 is 0 Å². The third-order valence-corrected chi connectivity index (χ3v) is 3.48. The molecule has 0 saturated carbocycles. The quantitative estimate of drug-likeness (QED) is 0.863. The SMILES string of the molecule is CCNC1CC(C(C)C)Oc2ccc(C)cc21. The van der Waals surface area contributed by atoms with Crippen molar-refractivity contribution in [1.29, 1.82) is 0 Å². The lowest BCUT2D eigenvalue weighted by Gasteiger charge is -2.35. The number of hydrogen-bond acceptors (Lipinski definition) is 2. The minimum absolute atomic E-state index is 0.328. The van der Waals surface area contributed by atoms with Crippen molar-refractivity contribution in [3.63, 3.8) is 0 Å². The molecule has 2 atom stereocenters. The molecule has 0 amide bonds. The summed E-state index contributed by atoms with van der Waals surface area (Å²) in [6.45, 7) is 9.76. The molecule has 1 N–H and O–H groups in total. The van der Waals surface area contributed by atoms with Crippen LogP contribution in [0.25, 0.3) is 0 Å². The van der Waals surface area contributed by atoms with Gasteiger partial charge in [-0.2, -0.15) is 0 Å². The summed E-state index contributed by atoms with van der Waals surface area (Å²) in [5.74, 6) is 1.62. The van der Waals surface area contributed by atoms with Crippen LogP contribution in [-0.4, -0.2) is 12.6 Å². The smallest absolute Gasteiger partial charge is 0.124 e. The molecular formula is C15H23NO. The molecule has 2 unspecified atom stereocenters. The second-order valence-corrected chi connectivity index (χ2v) is 5.29. The van der Waals surface area contributed by atoms with E-state index in [0.29, 0.717) is 18.1 Å². The van der Waals surface area contributed by atoms with Gasteiger partial charge in [0.05, 0.1) is 0 Å². The molecule has 0 bridgehead atoms. The average molecular weight is 233 g/mol. The number of fused-ring (bicyclic) bond motifs is 1. The fourth-order valence-corrected chi connectivity index (χ4v) is 2.47. The van der Waals surface area contributed by atoms with Gasteiger partial charge in [-0.15, -0.1) is 0 Å². The molecule has 0 aromatic heterocycles. The predicted molar refractivity (Wildman–Crippen MR) is 71.5 cm³/mol. The van der Waals surface area contributed by atoms with Crippen molar-refractivity contribution >= 4 is 0 Å². The summed E-state index contributed by atoms with van der Waals surface area (Å²) in [6, 6.07) is 6.93. The first kappa shape index (κ1) is 12.4. The van der Waals surface area contributed by atoms with Crippen LogP contribution in [0.3, 0.4) is 0 Å². The van der Waals surface area contributed by atoms with Crippen molar-refractivity contribution in [3.8, 4) is 5.75 Å². The second-order valence-electron chi connectivity index (χ2n) is 5.29. The van der Waals surface area contributed by atoms with Gasteiger partial charge in [0.1, 0.15) is 11.9 Å².